The highest BCUT2D eigenvalue weighted by Crippen LogP contribution is 2.12. The molecule has 0 aromatic heterocycles. The van der Waals surface area contributed by atoms with Gasteiger partial charge in [-0.3, -0.25) is 4.79 Å². The molecule has 1 rings (SSSR count). The molecule has 0 bridgehead atoms. The van der Waals surface area contributed by atoms with Crippen LogP contribution in [0.5, 0.6) is 0 Å². The number of halogens is 1. The van der Waals surface area contributed by atoms with E-state index in [1.165, 1.54) is 0 Å². The zero-order valence-electron chi connectivity index (χ0n) is 7.29. The van der Waals surface area contributed by atoms with E-state index < -0.39 is 0 Å². The van der Waals surface area contributed by atoms with Crippen molar-refractivity contribution in [1.82, 2.24) is 0 Å². The van der Waals surface area contributed by atoms with Gasteiger partial charge in [-0.1, -0.05) is 18.2 Å². The predicted octanol–water partition coefficient (Wildman–Crippen LogP) is 2.01. The number of carbonyl (C=O) groups is 1. The summed E-state index contributed by atoms with van der Waals surface area (Å²) in [5.74, 6) is 0.513. The first-order valence-corrected chi connectivity index (χ1v) is 4.68. The van der Waals surface area contributed by atoms with Gasteiger partial charge in [-0.25, -0.2) is 0 Å². The number of carbonyl (C=O) groups excluding carboxylic acids is 1. The molecule has 0 saturated heterocycles. The second-order valence-electron chi connectivity index (χ2n) is 2.85. The Morgan fingerprint density at radius 3 is 2.69 bits per heavy atom. The molecule has 0 radical (unpaired) electrons. The third kappa shape index (κ3) is 3.07. The van der Waals surface area contributed by atoms with E-state index in [1.54, 1.807) is 6.07 Å². The van der Waals surface area contributed by atoms with E-state index in [4.69, 9.17) is 17.3 Å². The molecule has 0 aliphatic heterocycles. The van der Waals surface area contributed by atoms with Gasteiger partial charge in [0.05, 0.1) is 0 Å². The van der Waals surface area contributed by atoms with E-state index in [-0.39, 0.29) is 5.78 Å². The smallest absolute Gasteiger partial charge is 0.138 e. The zero-order chi connectivity index (χ0) is 9.68. The summed E-state index contributed by atoms with van der Waals surface area (Å²) >= 11 is 5.45. The minimum Gasteiger partial charge on any atom is -0.398 e. The highest BCUT2D eigenvalue weighted by Gasteiger charge is 2.04. The number of alkyl halides is 1. The molecular weight excluding hydrogens is 186 g/mol. The molecule has 1 aromatic carbocycles. The van der Waals surface area contributed by atoms with Crippen molar-refractivity contribution in [2.24, 2.45) is 0 Å². The second-order valence-corrected chi connectivity index (χ2v) is 3.23. The number of anilines is 1. The second kappa shape index (κ2) is 4.87. The average Bonchev–Trinajstić information content (AvgIpc) is 2.09. The van der Waals surface area contributed by atoms with Crippen molar-refractivity contribution in [3.63, 3.8) is 0 Å². The molecule has 0 saturated carbocycles. The van der Waals surface area contributed by atoms with E-state index in [1.807, 2.05) is 18.2 Å². The number of rotatable bonds is 4. The van der Waals surface area contributed by atoms with E-state index >= 15 is 0 Å². The van der Waals surface area contributed by atoms with Crippen molar-refractivity contribution < 1.29 is 4.79 Å². The molecule has 0 spiro atoms. The molecule has 0 unspecified atom stereocenters. The van der Waals surface area contributed by atoms with Crippen molar-refractivity contribution in [3.8, 4) is 0 Å². The highest BCUT2D eigenvalue weighted by molar-refractivity contribution is 6.19. The van der Waals surface area contributed by atoms with Gasteiger partial charge < -0.3 is 5.73 Å². The summed E-state index contributed by atoms with van der Waals surface area (Å²) in [6, 6.07) is 7.38. The fraction of sp³-hybridized carbons (Fsp3) is 0.300. The van der Waals surface area contributed by atoms with Crippen LogP contribution in [0.25, 0.3) is 0 Å². The third-order valence-electron chi connectivity index (χ3n) is 1.82. The summed E-state index contributed by atoms with van der Waals surface area (Å²) in [6.45, 7) is 0. The largest absolute Gasteiger partial charge is 0.398 e. The Kier molecular flexibility index (Phi) is 3.77. The van der Waals surface area contributed by atoms with Crippen molar-refractivity contribution in [3.05, 3.63) is 29.8 Å². The number of para-hydroxylation sites is 1. The van der Waals surface area contributed by atoms with Gasteiger partial charge in [0, 0.05) is 24.4 Å². The minimum absolute atomic E-state index is 0.132. The van der Waals surface area contributed by atoms with Gasteiger partial charge in [-0.2, -0.15) is 0 Å². The fourth-order valence-electron chi connectivity index (χ4n) is 1.10. The van der Waals surface area contributed by atoms with Gasteiger partial charge in [0.25, 0.3) is 0 Å². The van der Waals surface area contributed by atoms with Gasteiger partial charge in [-0.15, -0.1) is 11.6 Å². The lowest BCUT2D eigenvalue weighted by Crippen LogP contribution is -2.05. The molecule has 2 nitrogen and oxygen atoms in total. The summed E-state index contributed by atoms with van der Waals surface area (Å²) in [5.41, 5.74) is 7.24. The minimum atomic E-state index is 0.132. The van der Waals surface area contributed by atoms with Gasteiger partial charge in [0.1, 0.15) is 5.78 Å². The molecule has 0 aliphatic rings. The first-order valence-electron chi connectivity index (χ1n) is 4.15. The number of hydrogen-bond donors (Lipinski definition) is 1. The van der Waals surface area contributed by atoms with Crippen molar-refractivity contribution in [2.75, 3.05) is 11.6 Å². The van der Waals surface area contributed by atoms with E-state index in [9.17, 15) is 4.79 Å². The van der Waals surface area contributed by atoms with Crippen LogP contribution in [-0.2, 0) is 11.2 Å². The zero-order valence-corrected chi connectivity index (χ0v) is 8.05. The predicted molar refractivity (Wildman–Crippen MR) is 54.9 cm³/mol. The van der Waals surface area contributed by atoms with Crippen LogP contribution in [0.3, 0.4) is 0 Å². The lowest BCUT2D eigenvalue weighted by atomic mass is 10.1. The van der Waals surface area contributed by atoms with Crippen LogP contribution >= 0.6 is 11.6 Å². The molecule has 0 aliphatic carbocycles. The summed E-state index contributed by atoms with van der Waals surface area (Å²) < 4.78 is 0. The topological polar surface area (TPSA) is 43.1 Å². The molecule has 0 amide bonds. The molecular formula is C10H12ClNO. The van der Waals surface area contributed by atoms with E-state index in [0.29, 0.717) is 24.4 Å². The number of nitrogen functional groups attached to an aromatic ring is 1. The van der Waals surface area contributed by atoms with Crippen molar-refractivity contribution in [2.45, 2.75) is 12.8 Å². The maximum atomic E-state index is 11.2. The Morgan fingerprint density at radius 2 is 2.08 bits per heavy atom. The standard InChI is InChI=1S/C10H12ClNO/c11-6-5-9(13)7-8-3-1-2-4-10(8)12/h1-4H,5-7,12H2. The maximum Gasteiger partial charge on any atom is 0.138 e. The molecule has 0 atom stereocenters. The summed E-state index contributed by atoms with van der Waals surface area (Å²) in [6.07, 6.45) is 0.801. The molecule has 13 heavy (non-hydrogen) atoms. The van der Waals surface area contributed by atoms with Crippen LogP contribution in [0, 0.1) is 0 Å². The van der Waals surface area contributed by atoms with Crippen LogP contribution in [0.4, 0.5) is 5.69 Å². The lowest BCUT2D eigenvalue weighted by molar-refractivity contribution is -0.118. The van der Waals surface area contributed by atoms with Gasteiger partial charge in [-0.05, 0) is 11.6 Å². The summed E-state index contributed by atoms with van der Waals surface area (Å²) in [7, 11) is 0. The Morgan fingerprint density at radius 1 is 1.38 bits per heavy atom. The summed E-state index contributed by atoms with van der Waals surface area (Å²) in [4.78, 5) is 11.2. The van der Waals surface area contributed by atoms with E-state index in [2.05, 4.69) is 0 Å². The number of nitrogens with two attached hydrogens (primary N) is 1. The first-order chi connectivity index (χ1) is 6.24. The molecule has 3 heteroatoms. The van der Waals surface area contributed by atoms with Crippen LogP contribution < -0.4 is 5.73 Å². The molecule has 70 valence electrons. The van der Waals surface area contributed by atoms with Crippen LogP contribution in [0.1, 0.15) is 12.0 Å². The maximum absolute atomic E-state index is 11.2. The van der Waals surface area contributed by atoms with E-state index in [0.717, 1.165) is 5.56 Å². The van der Waals surface area contributed by atoms with Crippen molar-refractivity contribution in [1.29, 1.82) is 0 Å². The quantitative estimate of drug-likeness (QED) is 0.593. The Balaban J connectivity index is 2.63. The van der Waals surface area contributed by atoms with Gasteiger partial charge in [0.2, 0.25) is 0 Å². The number of ketones is 1. The fourth-order valence-corrected chi connectivity index (χ4v) is 1.31. The van der Waals surface area contributed by atoms with Gasteiger partial charge >= 0.3 is 0 Å². The average molecular weight is 198 g/mol. The van der Waals surface area contributed by atoms with Gasteiger partial charge in [0.15, 0.2) is 0 Å². The first kappa shape index (κ1) is 10.1. The van der Waals surface area contributed by atoms with Crippen molar-refractivity contribution >= 4 is 23.1 Å². The SMILES string of the molecule is Nc1ccccc1CC(=O)CCCl. The molecule has 1 aromatic rings. The number of hydrogen-bond acceptors (Lipinski definition) is 2. The lowest BCUT2D eigenvalue weighted by Gasteiger charge is -2.02. The molecule has 0 fully saturated rings. The molecule has 2 N–H and O–H groups in total. The van der Waals surface area contributed by atoms with Crippen LogP contribution in [-0.4, -0.2) is 11.7 Å². The summed E-state index contributed by atoms with van der Waals surface area (Å²) in [5, 5.41) is 0. The third-order valence-corrected chi connectivity index (χ3v) is 2.01. The normalized spacial score (nSPS) is 9.92. The highest BCUT2D eigenvalue weighted by atomic mass is 35.5. The number of Topliss-reactive ketones (excluding diaryl/α,β-unsaturated/α-hetero) is 1. The Labute approximate surface area is 82.7 Å². The van der Waals surface area contributed by atoms with Crippen LogP contribution in [0.15, 0.2) is 24.3 Å². The Bertz CT molecular complexity index is 299. The molecule has 0 heterocycles. The Hall–Kier alpha value is -1.02. The van der Waals surface area contributed by atoms with Crippen LogP contribution in [0.2, 0.25) is 0 Å². The monoisotopic (exact) mass is 197 g/mol. The number of benzene rings is 1.